The highest BCUT2D eigenvalue weighted by Crippen LogP contribution is 2.33. The van der Waals surface area contributed by atoms with Gasteiger partial charge < -0.3 is 4.74 Å². The molecule has 1 heterocycles. The molecule has 112 valence electrons. The van der Waals surface area contributed by atoms with E-state index in [0.717, 1.165) is 0 Å². The molecule has 0 bridgehead atoms. The molecule has 1 aromatic carbocycles. The van der Waals surface area contributed by atoms with E-state index in [9.17, 15) is 19.1 Å². The van der Waals surface area contributed by atoms with Gasteiger partial charge in [0.1, 0.15) is 12.3 Å². The number of aliphatic imine (C=N–C) groups is 1. The van der Waals surface area contributed by atoms with Gasteiger partial charge in [0.2, 0.25) is 0 Å². The van der Waals surface area contributed by atoms with Crippen molar-refractivity contribution in [3.63, 3.8) is 0 Å². The molecule has 9 heteroatoms. The van der Waals surface area contributed by atoms with E-state index in [1.165, 1.54) is 24.5 Å². The summed E-state index contributed by atoms with van der Waals surface area (Å²) in [5, 5.41) is 10.8. The molecule has 0 N–H and O–H groups in total. The Hall–Kier alpha value is -2.29. The molecular weight excluding hydrogens is 298 g/mol. The van der Waals surface area contributed by atoms with Crippen molar-refractivity contribution in [1.82, 2.24) is 0 Å². The minimum atomic E-state index is -2.88. The molecule has 0 aromatic heterocycles. The number of nitrogens with zero attached hydrogens (tertiary/aromatic N) is 3. The number of nitro benzene ring substituents is 1. The Bertz CT molecular complexity index is 762. The van der Waals surface area contributed by atoms with Crippen LogP contribution in [0.5, 0.6) is 0 Å². The van der Waals surface area contributed by atoms with E-state index < -0.39 is 20.6 Å². The number of carbonyl (C=O) groups excluding carboxylic acids is 1. The summed E-state index contributed by atoms with van der Waals surface area (Å²) in [6, 6.07) is 3.87. The zero-order chi connectivity index (χ0) is 15.6. The molecule has 0 fully saturated rings. The first-order chi connectivity index (χ1) is 9.83. The molecule has 1 aliphatic heterocycles. The van der Waals surface area contributed by atoms with Gasteiger partial charge in [0.05, 0.1) is 31.8 Å². The average Bonchev–Trinajstić information content (AvgIpc) is 2.37. The Balaban J connectivity index is 2.44. The van der Waals surface area contributed by atoms with Crippen molar-refractivity contribution < 1.29 is 18.7 Å². The summed E-state index contributed by atoms with van der Waals surface area (Å²) in [5.41, 5.74) is 0.143. The monoisotopic (exact) mass is 311 g/mol. The summed E-state index contributed by atoms with van der Waals surface area (Å²) >= 11 is 0. The van der Waals surface area contributed by atoms with E-state index in [1.54, 1.807) is 6.92 Å². The van der Waals surface area contributed by atoms with Gasteiger partial charge in [-0.2, -0.15) is 4.36 Å². The third kappa shape index (κ3) is 3.24. The second-order valence-electron chi connectivity index (χ2n) is 4.31. The van der Waals surface area contributed by atoms with Crippen LogP contribution in [0.4, 0.5) is 11.4 Å². The minimum absolute atomic E-state index is 0.0994. The Kier molecular flexibility index (Phi) is 4.03. The van der Waals surface area contributed by atoms with Crippen LogP contribution in [-0.4, -0.2) is 33.8 Å². The zero-order valence-corrected chi connectivity index (χ0v) is 12.3. The third-order valence-corrected chi connectivity index (χ3v) is 4.40. The second kappa shape index (κ2) is 5.60. The Labute approximate surface area is 121 Å². The Morgan fingerprint density at radius 1 is 1.48 bits per heavy atom. The van der Waals surface area contributed by atoms with Crippen molar-refractivity contribution in [2.75, 3.05) is 12.9 Å². The number of ether oxygens (including phenoxy) is 1. The molecule has 2 rings (SSSR count). The van der Waals surface area contributed by atoms with Crippen LogP contribution >= 0.6 is 0 Å². The number of esters is 1. The van der Waals surface area contributed by atoms with Gasteiger partial charge in [-0.1, -0.05) is 0 Å². The van der Waals surface area contributed by atoms with Crippen LogP contribution in [0.2, 0.25) is 0 Å². The lowest BCUT2D eigenvalue weighted by Crippen LogP contribution is -2.14. The van der Waals surface area contributed by atoms with Gasteiger partial charge in [-0.05, 0) is 13.0 Å². The van der Waals surface area contributed by atoms with Crippen LogP contribution in [0.1, 0.15) is 13.3 Å². The van der Waals surface area contributed by atoms with E-state index in [4.69, 9.17) is 4.74 Å². The maximum atomic E-state index is 12.5. The van der Waals surface area contributed by atoms with Gasteiger partial charge in [-0.25, -0.2) is 9.20 Å². The van der Waals surface area contributed by atoms with Crippen LogP contribution < -0.4 is 0 Å². The van der Waals surface area contributed by atoms with Crippen molar-refractivity contribution in [2.24, 2.45) is 9.36 Å². The smallest absolute Gasteiger partial charge is 0.313 e. The van der Waals surface area contributed by atoms with Gasteiger partial charge in [-0.3, -0.25) is 14.9 Å². The summed E-state index contributed by atoms with van der Waals surface area (Å²) in [5.74, 6) is -0.414. The highest BCUT2D eigenvalue weighted by molar-refractivity contribution is 7.93. The summed E-state index contributed by atoms with van der Waals surface area (Å²) in [6.07, 6.45) is 1.17. The van der Waals surface area contributed by atoms with Crippen LogP contribution in [-0.2, 0) is 19.3 Å². The number of non-ortho nitro benzene ring substituents is 1. The molecule has 0 saturated heterocycles. The van der Waals surface area contributed by atoms with Crippen molar-refractivity contribution >= 4 is 32.9 Å². The van der Waals surface area contributed by atoms with Gasteiger partial charge in [0.25, 0.3) is 5.69 Å². The van der Waals surface area contributed by atoms with Crippen molar-refractivity contribution in [1.29, 1.82) is 0 Å². The SMILES string of the molecule is CCOC(=O)CC1=Nc2ccc([N+](=O)[O-])cc2S(C)(=O)=N1. The molecule has 0 radical (unpaired) electrons. The fourth-order valence-electron chi connectivity index (χ4n) is 1.83. The zero-order valence-electron chi connectivity index (χ0n) is 11.4. The first-order valence-electron chi connectivity index (χ1n) is 6.07. The Morgan fingerprint density at radius 2 is 2.19 bits per heavy atom. The predicted octanol–water partition coefficient (Wildman–Crippen LogP) is 2.05. The predicted molar refractivity (Wildman–Crippen MR) is 76.2 cm³/mol. The molecule has 0 amide bonds. The number of amidine groups is 1. The van der Waals surface area contributed by atoms with Gasteiger partial charge in [0.15, 0.2) is 0 Å². The van der Waals surface area contributed by atoms with E-state index in [2.05, 4.69) is 9.36 Å². The second-order valence-corrected chi connectivity index (χ2v) is 6.54. The van der Waals surface area contributed by atoms with E-state index in [-0.39, 0.29) is 29.4 Å². The molecule has 1 atom stereocenters. The fraction of sp³-hybridized carbons (Fsp3) is 0.333. The molecule has 1 aliphatic rings. The number of hydrogen-bond acceptors (Lipinski definition) is 7. The summed E-state index contributed by atoms with van der Waals surface area (Å²) in [6.45, 7) is 1.91. The number of carbonyl (C=O) groups is 1. The topological polar surface area (TPSA) is 111 Å². The highest BCUT2D eigenvalue weighted by Gasteiger charge is 2.23. The largest absolute Gasteiger partial charge is 0.466 e. The van der Waals surface area contributed by atoms with E-state index in [0.29, 0.717) is 5.69 Å². The molecule has 0 saturated carbocycles. The van der Waals surface area contributed by atoms with Gasteiger partial charge >= 0.3 is 5.97 Å². The normalized spacial score (nSPS) is 20.0. The quantitative estimate of drug-likeness (QED) is 0.480. The third-order valence-electron chi connectivity index (χ3n) is 2.70. The molecule has 21 heavy (non-hydrogen) atoms. The van der Waals surface area contributed by atoms with Crippen LogP contribution in [0.3, 0.4) is 0 Å². The van der Waals surface area contributed by atoms with Crippen molar-refractivity contribution in [2.45, 2.75) is 18.2 Å². The fourth-order valence-corrected chi connectivity index (χ4v) is 3.28. The number of rotatable bonds is 4. The van der Waals surface area contributed by atoms with Gasteiger partial charge in [-0.15, -0.1) is 0 Å². The van der Waals surface area contributed by atoms with E-state index in [1.807, 2.05) is 0 Å². The first kappa shape index (κ1) is 15.1. The standard InChI is InChI=1S/C12H13N3O5S/c1-3-20-12(16)7-11-13-9-5-4-8(15(17)18)6-10(9)21(2,19)14-11/h4-6H,3,7H2,1-2H3. The number of benzene rings is 1. The summed E-state index contributed by atoms with van der Waals surface area (Å²) < 4.78 is 21.3. The van der Waals surface area contributed by atoms with Crippen molar-refractivity contribution in [3.05, 3.63) is 28.3 Å². The van der Waals surface area contributed by atoms with Crippen LogP contribution in [0, 0.1) is 10.1 Å². The molecule has 0 spiro atoms. The number of nitro groups is 1. The number of hydrogen-bond donors (Lipinski definition) is 0. The van der Waals surface area contributed by atoms with Crippen LogP contribution in [0.25, 0.3) is 0 Å². The van der Waals surface area contributed by atoms with E-state index >= 15 is 0 Å². The molecule has 0 aliphatic carbocycles. The minimum Gasteiger partial charge on any atom is -0.466 e. The highest BCUT2D eigenvalue weighted by atomic mass is 32.2. The lowest BCUT2D eigenvalue weighted by molar-refractivity contribution is -0.385. The maximum absolute atomic E-state index is 12.5. The lowest BCUT2D eigenvalue weighted by atomic mass is 10.3. The Morgan fingerprint density at radius 3 is 2.81 bits per heavy atom. The number of fused-ring (bicyclic) bond motifs is 1. The molecule has 1 aromatic rings. The summed E-state index contributed by atoms with van der Waals surface area (Å²) in [4.78, 5) is 25.9. The average molecular weight is 311 g/mol. The molecule has 1 unspecified atom stereocenters. The lowest BCUT2D eigenvalue weighted by Gasteiger charge is -2.14. The molecule has 8 nitrogen and oxygen atoms in total. The maximum Gasteiger partial charge on any atom is 0.313 e. The summed E-state index contributed by atoms with van der Waals surface area (Å²) in [7, 11) is -2.88. The van der Waals surface area contributed by atoms with Crippen LogP contribution in [0.15, 0.2) is 32.4 Å². The molecular formula is C12H13N3O5S. The van der Waals surface area contributed by atoms with Gasteiger partial charge in [0, 0.05) is 18.4 Å². The first-order valence-corrected chi connectivity index (χ1v) is 7.99. The van der Waals surface area contributed by atoms with Crippen molar-refractivity contribution in [3.8, 4) is 0 Å².